The van der Waals surface area contributed by atoms with Gasteiger partial charge in [-0.3, -0.25) is 0 Å². The Morgan fingerprint density at radius 1 is 1.50 bits per heavy atom. The van der Waals surface area contributed by atoms with Crippen molar-refractivity contribution in [3.63, 3.8) is 0 Å². The number of methoxy groups -OCH3 is 1. The van der Waals surface area contributed by atoms with Gasteiger partial charge >= 0.3 is 0 Å². The van der Waals surface area contributed by atoms with Crippen LogP contribution in [0.5, 0.6) is 5.75 Å². The first-order valence-electron chi connectivity index (χ1n) is 5.27. The summed E-state index contributed by atoms with van der Waals surface area (Å²) in [5.41, 5.74) is 0. The Balaban J connectivity index is 3.09. The summed E-state index contributed by atoms with van der Waals surface area (Å²) < 4.78 is 43.2. The molecule has 0 aliphatic rings. The smallest absolute Gasteiger partial charge is 0.243 e. The van der Waals surface area contributed by atoms with Crippen LogP contribution in [0.4, 0.5) is 4.39 Å². The SMILES string of the molecule is COc1ccc(S(=O)(=O)N(C)CC(C)O)cc1F. The van der Waals surface area contributed by atoms with E-state index in [4.69, 9.17) is 9.84 Å². The van der Waals surface area contributed by atoms with Crippen molar-refractivity contribution in [2.45, 2.75) is 17.9 Å². The van der Waals surface area contributed by atoms with E-state index in [1.165, 1.54) is 33.2 Å². The van der Waals surface area contributed by atoms with Crippen molar-refractivity contribution in [2.75, 3.05) is 20.7 Å². The minimum Gasteiger partial charge on any atom is -0.494 e. The predicted molar refractivity (Wildman–Crippen MR) is 64.4 cm³/mol. The Kier molecular flexibility index (Phi) is 4.66. The molecular formula is C11H16FNO4S. The van der Waals surface area contributed by atoms with E-state index < -0.39 is 21.9 Å². The number of nitrogens with zero attached hydrogens (tertiary/aromatic N) is 1. The Hall–Kier alpha value is -1.18. The van der Waals surface area contributed by atoms with Gasteiger partial charge < -0.3 is 9.84 Å². The van der Waals surface area contributed by atoms with Gasteiger partial charge in [-0.15, -0.1) is 0 Å². The van der Waals surface area contributed by atoms with E-state index in [-0.39, 0.29) is 17.2 Å². The third-order valence-corrected chi connectivity index (χ3v) is 4.17. The molecule has 1 unspecified atom stereocenters. The third-order valence-electron chi connectivity index (χ3n) is 2.35. The zero-order valence-electron chi connectivity index (χ0n) is 10.4. The highest BCUT2D eigenvalue weighted by Crippen LogP contribution is 2.22. The van der Waals surface area contributed by atoms with Gasteiger partial charge in [-0.2, -0.15) is 4.31 Å². The van der Waals surface area contributed by atoms with E-state index in [2.05, 4.69) is 0 Å². The Morgan fingerprint density at radius 3 is 2.56 bits per heavy atom. The van der Waals surface area contributed by atoms with Gasteiger partial charge in [0.05, 0.1) is 18.1 Å². The van der Waals surface area contributed by atoms with Gasteiger partial charge in [0.2, 0.25) is 10.0 Å². The number of aliphatic hydroxyl groups is 1. The van der Waals surface area contributed by atoms with Crippen molar-refractivity contribution in [3.8, 4) is 5.75 Å². The summed E-state index contributed by atoms with van der Waals surface area (Å²) >= 11 is 0. The first-order valence-corrected chi connectivity index (χ1v) is 6.71. The summed E-state index contributed by atoms with van der Waals surface area (Å²) in [6.07, 6.45) is -0.798. The molecule has 0 amide bonds. The number of likely N-dealkylation sites (N-methyl/N-ethyl adjacent to an activating group) is 1. The molecule has 7 heteroatoms. The molecule has 0 aliphatic heterocycles. The number of benzene rings is 1. The van der Waals surface area contributed by atoms with Gasteiger partial charge in [-0.1, -0.05) is 0 Å². The lowest BCUT2D eigenvalue weighted by molar-refractivity contribution is 0.171. The number of rotatable bonds is 5. The maximum atomic E-state index is 13.4. The fraction of sp³-hybridized carbons (Fsp3) is 0.455. The zero-order valence-corrected chi connectivity index (χ0v) is 11.2. The van der Waals surface area contributed by atoms with Crippen LogP contribution in [0.2, 0.25) is 0 Å². The van der Waals surface area contributed by atoms with Crippen LogP contribution in [0.3, 0.4) is 0 Å². The Morgan fingerprint density at radius 2 is 2.11 bits per heavy atom. The fourth-order valence-electron chi connectivity index (χ4n) is 1.46. The molecule has 0 aliphatic carbocycles. The average Bonchev–Trinajstić information content (AvgIpc) is 2.27. The molecule has 0 saturated heterocycles. The molecule has 1 N–H and O–H groups in total. The topological polar surface area (TPSA) is 66.8 Å². The lowest BCUT2D eigenvalue weighted by atomic mass is 10.3. The van der Waals surface area contributed by atoms with Gasteiger partial charge in [0.1, 0.15) is 0 Å². The van der Waals surface area contributed by atoms with Crippen molar-refractivity contribution in [3.05, 3.63) is 24.0 Å². The van der Waals surface area contributed by atoms with Crippen molar-refractivity contribution in [1.82, 2.24) is 4.31 Å². The van der Waals surface area contributed by atoms with E-state index in [0.29, 0.717) is 0 Å². The highest BCUT2D eigenvalue weighted by atomic mass is 32.2. The number of sulfonamides is 1. The van der Waals surface area contributed by atoms with Crippen LogP contribution < -0.4 is 4.74 Å². The van der Waals surface area contributed by atoms with Crippen molar-refractivity contribution in [1.29, 1.82) is 0 Å². The molecule has 0 bridgehead atoms. The summed E-state index contributed by atoms with van der Waals surface area (Å²) in [6.45, 7) is 1.41. The summed E-state index contributed by atoms with van der Waals surface area (Å²) in [6, 6.07) is 3.40. The van der Waals surface area contributed by atoms with Crippen LogP contribution >= 0.6 is 0 Å². The average molecular weight is 277 g/mol. The third kappa shape index (κ3) is 3.18. The van der Waals surface area contributed by atoms with E-state index in [9.17, 15) is 12.8 Å². The van der Waals surface area contributed by atoms with Crippen LogP contribution in [0.25, 0.3) is 0 Å². The highest BCUT2D eigenvalue weighted by Gasteiger charge is 2.23. The number of hydrogen-bond acceptors (Lipinski definition) is 4. The number of halogens is 1. The molecule has 0 aromatic heterocycles. The second kappa shape index (κ2) is 5.64. The summed E-state index contributed by atoms with van der Waals surface area (Å²) in [5, 5.41) is 9.17. The van der Waals surface area contributed by atoms with Gasteiger partial charge in [-0.25, -0.2) is 12.8 Å². The number of aliphatic hydroxyl groups excluding tert-OH is 1. The van der Waals surface area contributed by atoms with Crippen LogP contribution in [-0.2, 0) is 10.0 Å². The minimum atomic E-state index is -3.80. The first-order chi connectivity index (χ1) is 8.28. The lowest BCUT2D eigenvalue weighted by Gasteiger charge is -2.18. The highest BCUT2D eigenvalue weighted by molar-refractivity contribution is 7.89. The number of hydrogen-bond donors (Lipinski definition) is 1. The van der Waals surface area contributed by atoms with Crippen LogP contribution in [0.15, 0.2) is 23.1 Å². The molecule has 5 nitrogen and oxygen atoms in total. The molecule has 102 valence electrons. The minimum absolute atomic E-state index is 0.0212. The molecule has 0 heterocycles. The van der Waals surface area contributed by atoms with E-state index in [0.717, 1.165) is 10.4 Å². The largest absolute Gasteiger partial charge is 0.494 e. The molecule has 0 spiro atoms. The molecule has 0 saturated carbocycles. The van der Waals surface area contributed by atoms with E-state index in [1.54, 1.807) is 0 Å². The summed E-state index contributed by atoms with van der Waals surface area (Å²) in [7, 11) is -1.18. The summed E-state index contributed by atoms with van der Waals surface area (Å²) in [5.74, 6) is -0.767. The van der Waals surface area contributed by atoms with Crippen LogP contribution in [0, 0.1) is 5.82 Å². The van der Waals surface area contributed by atoms with Gasteiger partial charge in [0.25, 0.3) is 0 Å². The molecule has 0 fully saturated rings. The fourth-order valence-corrected chi connectivity index (χ4v) is 2.72. The second-order valence-corrected chi connectivity index (χ2v) is 5.98. The Labute approximate surface area is 106 Å². The quantitative estimate of drug-likeness (QED) is 0.866. The van der Waals surface area contributed by atoms with Crippen LogP contribution in [0.1, 0.15) is 6.92 Å². The van der Waals surface area contributed by atoms with Crippen LogP contribution in [-0.4, -0.2) is 44.6 Å². The number of ether oxygens (including phenoxy) is 1. The maximum Gasteiger partial charge on any atom is 0.243 e. The monoisotopic (exact) mass is 277 g/mol. The molecule has 1 atom stereocenters. The normalized spacial score (nSPS) is 13.7. The van der Waals surface area contributed by atoms with Crippen molar-refractivity contribution in [2.24, 2.45) is 0 Å². The molecule has 1 aromatic carbocycles. The lowest BCUT2D eigenvalue weighted by Crippen LogP contribution is -2.33. The zero-order chi connectivity index (χ0) is 13.9. The molecule has 0 radical (unpaired) electrons. The maximum absolute atomic E-state index is 13.4. The molecule has 18 heavy (non-hydrogen) atoms. The molecular weight excluding hydrogens is 261 g/mol. The van der Waals surface area contributed by atoms with Crippen molar-refractivity contribution < 1.29 is 22.7 Å². The van der Waals surface area contributed by atoms with E-state index in [1.807, 2.05) is 0 Å². The van der Waals surface area contributed by atoms with Gasteiger partial charge in [0.15, 0.2) is 11.6 Å². The first kappa shape index (κ1) is 14.9. The molecule has 1 rings (SSSR count). The Bertz CT molecular complexity index is 516. The summed E-state index contributed by atoms with van der Waals surface area (Å²) in [4.78, 5) is -0.177. The predicted octanol–water partition coefficient (Wildman–Crippen LogP) is 0.836. The van der Waals surface area contributed by atoms with Gasteiger partial charge in [-0.05, 0) is 25.1 Å². The molecule has 1 aromatic rings. The van der Waals surface area contributed by atoms with E-state index >= 15 is 0 Å². The van der Waals surface area contributed by atoms with Gasteiger partial charge in [0, 0.05) is 13.6 Å². The van der Waals surface area contributed by atoms with Crippen molar-refractivity contribution >= 4 is 10.0 Å². The standard InChI is InChI=1S/C11H16FNO4S/c1-8(14)7-13(2)18(15,16)9-4-5-11(17-3)10(12)6-9/h4-6,8,14H,7H2,1-3H3. The second-order valence-electron chi connectivity index (χ2n) is 3.93.